The summed E-state index contributed by atoms with van der Waals surface area (Å²) in [5.41, 5.74) is 0.855. The zero-order valence-corrected chi connectivity index (χ0v) is 9.74. The second-order valence-corrected chi connectivity index (χ2v) is 4.81. The zero-order chi connectivity index (χ0) is 10.6. The van der Waals surface area contributed by atoms with Gasteiger partial charge in [0.2, 0.25) is 0 Å². The van der Waals surface area contributed by atoms with Gasteiger partial charge in [0.25, 0.3) is 0 Å². The van der Waals surface area contributed by atoms with E-state index in [1.807, 2.05) is 27.7 Å². The highest BCUT2D eigenvalue weighted by Gasteiger charge is 2.20. The van der Waals surface area contributed by atoms with Gasteiger partial charge in [-0.05, 0) is 34.1 Å². The highest BCUT2D eigenvalue weighted by Crippen LogP contribution is 2.22. The molecular formula is C11H19ClO. The molecule has 1 unspecified atom stereocenters. The molecule has 2 heteroatoms. The fourth-order valence-corrected chi connectivity index (χ4v) is 1.08. The maximum Gasteiger partial charge on any atom is 0.0968 e. The van der Waals surface area contributed by atoms with E-state index in [0.29, 0.717) is 5.03 Å². The zero-order valence-electron chi connectivity index (χ0n) is 8.98. The molecular weight excluding hydrogens is 184 g/mol. The van der Waals surface area contributed by atoms with Crippen molar-refractivity contribution in [3.8, 4) is 0 Å². The molecule has 0 radical (unpaired) electrons. The van der Waals surface area contributed by atoms with Crippen LogP contribution in [0.25, 0.3) is 0 Å². The van der Waals surface area contributed by atoms with Gasteiger partial charge < -0.3 is 4.74 Å². The van der Waals surface area contributed by atoms with Gasteiger partial charge in [-0.15, -0.1) is 6.58 Å². The monoisotopic (exact) mass is 202 g/mol. The molecule has 0 bridgehead atoms. The molecule has 13 heavy (non-hydrogen) atoms. The number of halogens is 1. The molecule has 1 atom stereocenters. The first kappa shape index (κ1) is 12.7. The summed E-state index contributed by atoms with van der Waals surface area (Å²) in [5, 5.41) is 0.540. The Balaban J connectivity index is 4.27. The lowest BCUT2D eigenvalue weighted by Gasteiger charge is -2.27. The molecule has 0 aromatic carbocycles. The van der Waals surface area contributed by atoms with Gasteiger partial charge in [-0.25, -0.2) is 0 Å². The Kier molecular flexibility index (Phi) is 4.72. The van der Waals surface area contributed by atoms with Crippen LogP contribution in [-0.4, -0.2) is 11.7 Å². The molecule has 0 aliphatic carbocycles. The maximum atomic E-state index is 5.83. The largest absolute Gasteiger partial charge is 0.367 e. The highest BCUT2D eigenvalue weighted by molar-refractivity contribution is 6.29. The van der Waals surface area contributed by atoms with Gasteiger partial charge >= 0.3 is 0 Å². The summed E-state index contributed by atoms with van der Waals surface area (Å²) < 4.78 is 5.72. The van der Waals surface area contributed by atoms with Crippen molar-refractivity contribution in [3.63, 3.8) is 0 Å². The summed E-state index contributed by atoms with van der Waals surface area (Å²) in [5.74, 6) is 0. The molecule has 0 saturated carbocycles. The second kappa shape index (κ2) is 4.83. The summed E-state index contributed by atoms with van der Waals surface area (Å²) in [6.07, 6.45) is 0.610. The average Bonchev–Trinajstić information content (AvgIpc) is 1.81. The van der Waals surface area contributed by atoms with Gasteiger partial charge in [-0.3, -0.25) is 0 Å². The van der Waals surface area contributed by atoms with Crippen LogP contribution in [-0.2, 0) is 4.74 Å². The fraction of sp³-hybridized carbons (Fsp3) is 0.636. The molecule has 0 saturated heterocycles. The summed E-state index contributed by atoms with van der Waals surface area (Å²) in [6.45, 7) is 15.5. The van der Waals surface area contributed by atoms with E-state index in [-0.39, 0.29) is 11.7 Å². The summed E-state index contributed by atoms with van der Waals surface area (Å²) in [6, 6.07) is 0. The van der Waals surface area contributed by atoms with Crippen molar-refractivity contribution in [2.24, 2.45) is 0 Å². The van der Waals surface area contributed by atoms with Crippen LogP contribution in [0.3, 0.4) is 0 Å². The lowest BCUT2D eigenvalue weighted by molar-refractivity contribution is -0.0391. The van der Waals surface area contributed by atoms with Crippen molar-refractivity contribution in [1.82, 2.24) is 0 Å². The van der Waals surface area contributed by atoms with Gasteiger partial charge in [0.1, 0.15) is 0 Å². The second-order valence-electron chi connectivity index (χ2n) is 4.33. The van der Waals surface area contributed by atoms with Crippen LogP contribution in [0.5, 0.6) is 0 Å². The third kappa shape index (κ3) is 6.85. The van der Waals surface area contributed by atoms with Gasteiger partial charge in [0, 0.05) is 5.03 Å². The Hall–Kier alpha value is -0.270. The molecule has 0 spiro atoms. The predicted molar refractivity (Wildman–Crippen MR) is 59.1 cm³/mol. The van der Waals surface area contributed by atoms with E-state index in [1.165, 1.54) is 0 Å². The van der Waals surface area contributed by atoms with E-state index in [0.717, 1.165) is 12.0 Å². The Bertz CT molecular complexity index is 201. The molecule has 0 heterocycles. The van der Waals surface area contributed by atoms with E-state index < -0.39 is 0 Å². The lowest BCUT2D eigenvalue weighted by atomic mass is 10.1. The third-order valence-corrected chi connectivity index (χ3v) is 1.62. The molecule has 0 amide bonds. The maximum absolute atomic E-state index is 5.83. The molecule has 0 fully saturated rings. The smallest absolute Gasteiger partial charge is 0.0968 e. The molecule has 0 aliphatic heterocycles. The minimum absolute atomic E-state index is 0.126. The van der Waals surface area contributed by atoms with Crippen molar-refractivity contribution in [2.75, 3.05) is 0 Å². The first-order valence-electron chi connectivity index (χ1n) is 4.39. The van der Waals surface area contributed by atoms with E-state index in [1.54, 1.807) is 0 Å². The summed E-state index contributed by atoms with van der Waals surface area (Å²) in [7, 11) is 0. The topological polar surface area (TPSA) is 9.23 Å². The van der Waals surface area contributed by atoms with Crippen LogP contribution in [0.2, 0.25) is 0 Å². The number of rotatable bonds is 4. The van der Waals surface area contributed by atoms with E-state index in [9.17, 15) is 0 Å². The standard InChI is InChI=1S/C11H19ClO/c1-8(2)7-10(9(3)12)13-11(4,5)6/h10H,1,3,7H2,2,4-6H3. The van der Waals surface area contributed by atoms with Crippen LogP contribution in [0.4, 0.5) is 0 Å². The Morgan fingerprint density at radius 1 is 1.38 bits per heavy atom. The normalized spacial score (nSPS) is 13.9. The fourth-order valence-electron chi connectivity index (χ4n) is 0.960. The van der Waals surface area contributed by atoms with Gasteiger partial charge in [-0.1, -0.05) is 23.8 Å². The SMILES string of the molecule is C=C(C)CC(OC(C)(C)C)C(=C)Cl. The van der Waals surface area contributed by atoms with E-state index in [2.05, 4.69) is 13.2 Å². The number of hydrogen-bond donors (Lipinski definition) is 0. The van der Waals surface area contributed by atoms with Crippen molar-refractivity contribution >= 4 is 11.6 Å². The number of hydrogen-bond acceptors (Lipinski definition) is 1. The molecule has 0 aromatic heterocycles. The van der Waals surface area contributed by atoms with Crippen LogP contribution in [0.1, 0.15) is 34.1 Å². The van der Waals surface area contributed by atoms with Crippen LogP contribution < -0.4 is 0 Å². The molecule has 0 rings (SSSR count). The number of ether oxygens (including phenoxy) is 1. The quantitative estimate of drug-likeness (QED) is 0.629. The lowest BCUT2D eigenvalue weighted by Crippen LogP contribution is -2.27. The summed E-state index contributed by atoms with van der Waals surface area (Å²) in [4.78, 5) is 0. The molecule has 0 aliphatic rings. The van der Waals surface area contributed by atoms with Crippen LogP contribution >= 0.6 is 11.6 Å². The van der Waals surface area contributed by atoms with Gasteiger partial charge in [-0.2, -0.15) is 0 Å². The van der Waals surface area contributed by atoms with Gasteiger partial charge in [0.05, 0.1) is 11.7 Å². The Morgan fingerprint density at radius 2 is 1.85 bits per heavy atom. The van der Waals surface area contributed by atoms with E-state index in [4.69, 9.17) is 16.3 Å². The first-order chi connectivity index (χ1) is 5.72. The van der Waals surface area contributed by atoms with Crippen molar-refractivity contribution in [1.29, 1.82) is 0 Å². The van der Waals surface area contributed by atoms with Crippen molar-refractivity contribution in [2.45, 2.75) is 45.8 Å². The van der Waals surface area contributed by atoms with Crippen LogP contribution in [0.15, 0.2) is 23.8 Å². The molecule has 0 N–H and O–H groups in total. The van der Waals surface area contributed by atoms with Crippen LogP contribution in [0, 0.1) is 0 Å². The molecule has 76 valence electrons. The Morgan fingerprint density at radius 3 is 2.08 bits per heavy atom. The van der Waals surface area contributed by atoms with Gasteiger partial charge in [0.15, 0.2) is 0 Å². The third-order valence-electron chi connectivity index (χ3n) is 1.38. The summed E-state index contributed by atoms with van der Waals surface area (Å²) >= 11 is 5.83. The molecule has 0 aromatic rings. The Labute approximate surface area is 86.4 Å². The van der Waals surface area contributed by atoms with Crippen molar-refractivity contribution < 1.29 is 4.74 Å². The van der Waals surface area contributed by atoms with Crippen molar-refractivity contribution in [3.05, 3.63) is 23.8 Å². The predicted octanol–water partition coefficient (Wildman–Crippen LogP) is 3.89. The minimum atomic E-state index is -0.196. The first-order valence-corrected chi connectivity index (χ1v) is 4.76. The highest BCUT2D eigenvalue weighted by atomic mass is 35.5. The molecule has 1 nitrogen and oxygen atoms in total. The minimum Gasteiger partial charge on any atom is -0.367 e. The average molecular weight is 203 g/mol. The van der Waals surface area contributed by atoms with E-state index >= 15 is 0 Å².